The third-order valence-corrected chi connectivity index (χ3v) is 4.78. The molecule has 1 aromatic heterocycles. The minimum atomic E-state index is -0.417. The summed E-state index contributed by atoms with van der Waals surface area (Å²) in [7, 11) is 1.55. The molecule has 2 aromatic carbocycles. The van der Waals surface area contributed by atoms with Crippen LogP contribution in [0.15, 0.2) is 58.9 Å². The number of aliphatic imine (C=N–C) groups is 1. The van der Waals surface area contributed by atoms with Gasteiger partial charge < -0.3 is 14.6 Å². The normalized spacial score (nSPS) is 10.9. The fourth-order valence-corrected chi connectivity index (χ4v) is 3.47. The summed E-state index contributed by atoms with van der Waals surface area (Å²) in [6, 6.07) is 14.5. The van der Waals surface area contributed by atoms with Crippen molar-refractivity contribution < 1.29 is 19.4 Å². The number of ether oxygens (including phenoxy) is 2. The smallest absolute Gasteiger partial charge is 0.341 e. The van der Waals surface area contributed by atoms with Gasteiger partial charge in [0.1, 0.15) is 22.1 Å². The van der Waals surface area contributed by atoms with Crippen molar-refractivity contribution >= 4 is 28.5 Å². The molecule has 0 spiro atoms. The van der Waals surface area contributed by atoms with Crippen LogP contribution in [0, 0.1) is 0 Å². The van der Waals surface area contributed by atoms with Gasteiger partial charge in [0.2, 0.25) is 0 Å². The van der Waals surface area contributed by atoms with Crippen molar-refractivity contribution in [1.82, 2.24) is 0 Å². The molecular formula is C21H19NO4S. The third-order valence-electron chi connectivity index (χ3n) is 3.89. The van der Waals surface area contributed by atoms with Crippen LogP contribution in [-0.2, 0) is 4.74 Å². The number of carbonyl (C=O) groups excluding carboxylic acids is 1. The fourth-order valence-electron chi connectivity index (χ4n) is 2.56. The second kappa shape index (κ2) is 8.51. The standard InChI is InChI=1S/C21H19NO4S/c1-3-26-21(24)19-17(14-7-5-4-6-8-14)13-27-20(19)22-12-15-11-16(25-2)9-10-18(15)23/h4-13,23H,3H2,1-2H3/b22-12+. The maximum Gasteiger partial charge on any atom is 0.341 e. The number of phenolic OH excluding ortho intramolecular Hbond substituents is 1. The molecule has 1 heterocycles. The molecular weight excluding hydrogens is 362 g/mol. The Morgan fingerprint density at radius 1 is 1.22 bits per heavy atom. The Hall–Kier alpha value is -3.12. The van der Waals surface area contributed by atoms with Gasteiger partial charge >= 0.3 is 5.97 Å². The minimum Gasteiger partial charge on any atom is -0.507 e. The Labute approximate surface area is 161 Å². The van der Waals surface area contributed by atoms with E-state index in [1.165, 1.54) is 23.6 Å². The highest BCUT2D eigenvalue weighted by Gasteiger charge is 2.21. The van der Waals surface area contributed by atoms with E-state index >= 15 is 0 Å². The van der Waals surface area contributed by atoms with Gasteiger partial charge in [-0.2, -0.15) is 0 Å². The highest BCUT2D eigenvalue weighted by molar-refractivity contribution is 7.14. The van der Waals surface area contributed by atoms with Crippen LogP contribution in [0.1, 0.15) is 22.8 Å². The van der Waals surface area contributed by atoms with Gasteiger partial charge in [-0.25, -0.2) is 9.79 Å². The SMILES string of the molecule is CCOC(=O)c1c(-c2ccccc2)csc1/N=C/c1cc(OC)ccc1O. The number of hydrogen-bond acceptors (Lipinski definition) is 6. The molecule has 27 heavy (non-hydrogen) atoms. The first-order chi connectivity index (χ1) is 13.1. The number of aromatic hydroxyl groups is 1. The summed E-state index contributed by atoms with van der Waals surface area (Å²) in [5, 5.41) is 12.4. The van der Waals surface area contributed by atoms with E-state index in [4.69, 9.17) is 9.47 Å². The molecule has 138 valence electrons. The number of phenols is 1. The first-order valence-electron chi connectivity index (χ1n) is 8.39. The number of benzene rings is 2. The Balaban J connectivity index is 2.03. The monoisotopic (exact) mass is 381 g/mol. The predicted molar refractivity (Wildman–Crippen MR) is 108 cm³/mol. The van der Waals surface area contributed by atoms with Gasteiger partial charge in [0.05, 0.1) is 13.7 Å². The molecule has 6 heteroatoms. The number of hydrogen-bond donors (Lipinski definition) is 1. The predicted octanol–water partition coefficient (Wildman–Crippen LogP) is 5.06. The zero-order valence-electron chi connectivity index (χ0n) is 15.0. The van der Waals surface area contributed by atoms with E-state index in [-0.39, 0.29) is 12.4 Å². The molecule has 0 bridgehead atoms. The second-order valence-electron chi connectivity index (χ2n) is 5.60. The Morgan fingerprint density at radius 3 is 2.70 bits per heavy atom. The summed E-state index contributed by atoms with van der Waals surface area (Å²) >= 11 is 1.35. The number of esters is 1. The molecule has 0 unspecified atom stereocenters. The van der Waals surface area contributed by atoms with E-state index < -0.39 is 5.97 Å². The Kier molecular flexibility index (Phi) is 5.88. The zero-order valence-corrected chi connectivity index (χ0v) is 15.8. The Morgan fingerprint density at radius 2 is 2.00 bits per heavy atom. The average Bonchev–Trinajstić information content (AvgIpc) is 3.12. The summed E-state index contributed by atoms with van der Waals surface area (Å²) in [6.07, 6.45) is 1.52. The van der Waals surface area contributed by atoms with Crippen molar-refractivity contribution in [2.45, 2.75) is 6.92 Å². The van der Waals surface area contributed by atoms with Crippen molar-refractivity contribution in [3.05, 3.63) is 65.0 Å². The number of carbonyl (C=O) groups is 1. The second-order valence-corrected chi connectivity index (χ2v) is 6.46. The van der Waals surface area contributed by atoms with E-state index in [1.54, 1.807) is 26.2 Å². The van der Waals surface area contributed by atoms with Crippen molar-refractivity contribution in [1.29, 1.82) is 0 Å². The molecule has 0 amide bonds. The number of nitrogens with zero attached hydrogens (tertiary/aromatic N) is 1. The van der Waals surface area contributed by atoms with Gasteiger partial charge in [-0.15, -0.1) is 11.3 Å². The van der Waals surface area contributed by atoms with E-state index in [1.807, 2.05) is 35.7 Å². The molecule has 3 aromatic rings. The largest absolute Gasteiger partial charge is 0.507 e. The zero-order chi connectivity index (χ0) is 19.2. The first kappa shape index (κ1) is 18.7. The van der Waals surface area contributed by atoms with Crippen molar-refractivity contribution in [3.8, 4) is 22.6 Å². The molecule has 0 atom stereocenters. The molecule has 0 fully saturated rings. The summed E-state index contributed by atoms with van der Waals surface area (Å²) in [6.45, 7) is 2.05. The van der Waals surface area contributed by atoms with Gasteiger partial charge in [0.15, 0.2) is 0 Å². The lowest BCUT2D eigenvalue weighted by Gasteiger charge is -2.06. The van der Waals surface area contributed by atoms with E-state index in [0.29, 0.717) is 21.9 Å². The molecule has 0 saturated carbocycles. The van der Waals surface area contributed by atoms with Gasteiger partial charge in [0.25, 0.3) is 0 Å². The van der Waals surface area contributed by atoms with Crippen molar-refractivity contribution in [2.75, 3.05) is 13.7 Å². The minimum absolute atomic E-state index is 0.0806. The first-order valence-corrected chi connectivity index (χ1v) is 9.27. The highest BCUT2D eigenvalue weighted by Crippen LogP contribution is 2.38. The van der Waals surface area contributed by atoms with Gasteiger partial charge in [-0.3, -0.25) is 0 Å². The number of thiophene rings is 1. The average molecular weight is 381 g/mol. The van der Waals surface area contributed by atoms with Crippen molar-refractivity contribution in [3.63, 3.8) is 0 Å². The maximum atomic E-state index is 12.5. The Bertz CT molecular complexity index is 964. The van der Waals surface area contributed by atoms with Crippen LogP contribution in [0.25, 0.3) is 11.1 Å². The van der Waals surface area contributed by atoms with Crippen LogP contribution in [-0.4, -0.2) is 31.0 Å². The lowest BCUT2D eigenvalue weighted by Crippen LogP contribution is -2.05. The van der Waals surface area contributed by atoms with Gasteiger partial charge in [-0.1, -0.05) is 30.3 Å². The topological polar surface area (TPSA) is 68.1 Å². The van der Waals surface area contributed by atoms with E-state index in [0.717, 1.165) is 11.1 Å². The summed E-state index contributed by atoms with van der Waals surface area (Å²) in [4.78, 5) is 17.0. The van der Waals surface area contributed by atoms with Crippen LogP contribution in [0.4, 0.5) is 5.00 Å². The quantitative estimate of drug-likeness (QED) is 0.479. The number of rotatable bonds is 6. The molecule has 5 nitrogen and oxygen atoms in total. The van der Waals surface area contributed by atoms with E-state index in [9.17, 15) is 9.90 Å². The molecule has 1 N–H and O–H groups in total. The van der Waals surface area contributed by atoms with Crippen LogP contribution in [0.3, 0.4) is 0 Å². The van der Waals surface area contributed by atoms with Crippen LogP contribution < -0.4 is 4.74 Å². The summed E-state index contributed by atoms with van der Waals surface area (Å²) in [5.74, 6) is 0.271. The lowest BCUT2D eigenvalue weighted by molar-refractivity contribution is 0.0529. The van der Waals surface area contributed by atoms with Gasteiger partial charge in [-0.05, 0) is 30.7 Å². The molecule has 0 radical (unpaired) electrons. The number of methoxy groups -OCH3 is 1. The fraction of sp³-hybridized carbons (Fsp3) is 0.143. The van der Waals surface area contributed by atoms with Crippen LogP contribution in [0.2, 0.25) is 0 Å². The van der Waals surface area contributed by atoms with Crippen molar-refractivity contribution in [2.24, 2.45) is 4.99 Å². The summed E-state index contributed by atoms with van der Waals surface area (Å²) in [5.41, 5.74) is 2.62. The van der Waals surface area contributed by atoms with Crippen LogP contribution in [0.5, 0.6) is 11.5 Å². The lowest BCUT2D eigenvalue weighted by atomic mass is 10.0. The molecule has 0 aliphatic rings. The molecule has 0 saturated heterocycles. The van der Waals surface area contributed by atoms with E-state index in [2.05, 4.69) is 4.99 Å². The molecule has 0 aliphatic heterocycles. The third kappa shape index (κ3) is 4.17. The van der Waals surface area contributed by atoms with Gasteiger partial charge in [0, 0.05) is 22.7 Å². The maximum absolute atomic E-state index is 12.5. The van der Waals surface area contributed by atoms with Crippen LogP contribution >= 0.6 is 11.3 Å². The summed E-state index contributed by atoms with van der Waals surface area (Å²) < 4.78 is 10.4. The molecule has 0 aliphatic carbocycles. The molecule has 3 rings (SSSR count). The highest BCUT2D eigenvalue weighted by atomic mass is 32.1.